The molecule has 246 valence electrons. The third-order valence-corrected chi connectivity index (χ3v) is 9.83. The second kappa shape index (κ2) is 12.5. The van der Waals surface area contributed by atoms with E-state index in [1.54, 1.807) is 13.0 Å². The van der Waals surface area contributed by atoms with Gasteiger partial charge in [-0.1, -0.05) is 51.7 Å². The summed E-state index contributed by atoms with van der Waals surface area (Å²) in [5, 5.41) is 33.5. The van der Waals surface area contributed by atoms with Crippen LogP contribution in [0.15, 0.2) is 23.8 Å². The van der Waals surface area contributed by atoms with Crippen LogP contribution >= 0.6 is 0 Å². The van der Waals surface area contributed by atoms with Crippen molar-refractivity contribution in [2.45, 2.75) is 134 Å². The molecule has 10 atom stereocenters. The summed E-state index contributed by atoms with van der Waals surface area (Å²) >= 11 is 0. The van der Waals surface area contributed by atoms with Gasteiger partial charge in [-0.2, -0.15) is 0 Å². The number of hydrogen-bond acceptors (Lipinski definition) is 12. The maximum absolute atomic E-state index is 13.2. The number of esters is 4. The second-order valence-electron chi connectivity index (χ2n) is 13.0. The number of rotatable bonds is 10. The maximum atomic E-state index is 13.2. The zero-order valence-corrected chi connectivity index (χ0v) is 26.4. The second-order valence-corrected chi connectivity index (χ2v) is 13.0. The van der Waals surface area contributed by atoms with E-state index in [9.17, 15) is 34.5 Å². The Bertz CT molecular complexity index is 1210. The Morgan fingerprint density at radius 1 is 1.02 bits per heavy atom. The smallest absolute Gasteiger partial charge is 0.342 e. The van der Waals surface area contributed by atoms with E-state index in [0.29, 0.717) is 6.42 Å². The van der Waals surface area contributed by atoms with Crippen molar-refractivity contribution >= 4 is 23.9 Å². The summed E-state index contributed by atoms with van der Waals surface area (Å²) < 4.78 is 29.5. The molecule has 0 unspecified atom stereocenters. The van der Waals surface area contributed by atoms with Gasteiger partial charge in [0.1, 0.15) is 24.4 Å². The van der Waals surface area contributed by atoms with E-state index >= 15 is 0 Å². The molecule has 44 heavy (non-hydrogen) atoms. The van der Waals surface area contributed by atoms with Crippen molar-refractivity contribution in [2.24, 2.45) is 11.3 Å². The molecule has 2 aliphatic carbocycles. The summed E-state index contributed by atoms with van der Waals surface area (Å²) in [5.41, 5.74) is -6.53. The molecule has 0 aromatic rings. The van der Waals surface area contributed by atoms with Gasteiger partial charge in [0.15, 0.2) is 17.3 Å². The maximum Gasteiger partial charge on any atom is 0.342 e. The molecule has 2 aliphatic heterocycles. The van der Waals surface area contributed by atoms with E-state index in [2.05, 4.69) is 6.92 Å². The largest absolute Gasteiger partial charge is 0.461 e. The van der Waals surface area contributed by atoms with Crippen LogP contribution in [0.3, 0.4) is 0 Å². The molecule has 2 saturated heterocycles. The van der Waals surface area contributed by atoms with Crippen molar-refractivity contribution in [1.29, 1.82) is 0 Å². The summed E-state index contributed by atoms with van der Waals surface area (Å²) in [6, 6.07) is 0. The van der Waals surface area contributed by atoms with Crippen LogP contribution < -0.4 is 0 Å². The molecule has 0 saturated carbocycles. The number of carbonyl (C=O) groups is 4. The lowest BCUT2D eigenvalue weighted by Gasteiger charge is -2.54. The summed E-state index contributed by atoms with van der Waals surface area (Å²) in [4.78, 5) is 51.4. The lowest BCUT2D eigenvalue weighted by molar-refractivity contribution is -0.215. The first-order valence-electron chi connectivity index (χ1n) is 15.4. The molecule has 0 aromatic carbocycles. The number of fused-ring (bicyclic) bond motifs is 1. The Morgan fingerprint density at radius 2 is 1.68 bits per heavy atom. The van der Waals surface area contributed by atoms with Crippen LogP contribution in [-0.4, -0.2) is 93.1 Å². The zero-order chi connectivity index (χ0) is 32.7. The number of hydrogen-bond donors (Lipinski definition) is 3. The van der Waals surface area contributed by atoms with Crippen molar-refractivity contribution in [3.05, 3.63) is 23.8 Å². The van der Waals surface area contributed by atoms with Crippen LogP contribution in [0.25, 0.3) is 0 Å². The minimum atomic E-state index is -2.01. The number of aliphatic hydroxyl groups is 3. The normalized spacial score (nSPS) is 40.8. The molecular weight excluding hydrogens is 576 g/mol. The average Bonchev–Trinajstić information content (AvgIpc) is 3.52. The van der Waals surface area contributed by atoms with E-state index < -0.39 is 89.1 Å². The van der Waals surface area contributed by atoms with Gasteiger partial charge in [0.2, 0.25) is 0 Å². The van der Waals surface area contributed by atoms with E-state index in [4.69, 9.17) is 23.7 Å². The van der Waals surface area contributed by atoms with E-state index in [1.807, 2.05) is 0 Å². The average molecular weight is 623 g/mol. The third-order valence-electron chi connectivity index (χ3n) is 9.83. The molecule has 1 spiro atoms. The molecular formula is C32H46O12. The van der Waals surface area contributed by atoms with Crippen LogP contribution in [0.2, 0.25) is 0 Å². The van der Waals surface area contributed by atoms with Gasteiger partial charge in [-0.05, 0) is 31.9 Å². The highest BCUT2D eigenvalue weighted by atomic mass is 16.7. The van der Waals surface area contributed by atoms with Gasteiger partial charge < -0.3 is 39.0 Å². The Morgan fingerprint density at radius 3 is 2.27 bits per heavy atom. The standard InChI is InChI=1S/C32H46O12/c1-7-8-9-10-11-12-25(37)42-21-16-23(40-18(2)34)29(4)14-13-22(36)30(5,39)26(29)27(41-19(3)35)32-24(15-20(21)17-33)43-28(38)31(32,6)44-32/h13-15,21-24,26-27,33,36,39H,7-12,16-17H2,1-6H3/t21-,22-,23+,24+,26-,27-,29-,30-,31+,32+/m1/s1. The highest BCUT2D eigenvalue weighted by Crippen LogP contribution is 2.65. The van der Waals surface area contributed by atoms with Crippen LogP contribution in [0.4, 0.5) is 0 Å². The van der Waals surface area contributed by atoms with Gasteiger partial charge >= 0.3 is 23.9 Å². The topological polar surface area (TPSA) is 178 Å². The van der Waals surface area contributed by atoms with Gasteiger partial charge in [0.05, 0.1) is 12.2 Å². The molecule has 2 fully saturated rings. The third kappa shape index (κ3) is 5.81. The SMILES string of the molecule is CCCCCCCC(=O)O[C@@H]1C[C@H](OC(C)=O)[C@@]2(C)C=C[C@@H](O)[C@@](C)(O)[C@@H]2[C@@H](OC(C)=O)[C@]23O[C@@]2(C)C(=O)O[C@H]3C=C1CO. The molecule has 3 N–H and O–H groups in total. The highest BCUT2D eigenvalue weighted by Gasteiger charge is 2.87. The summed E-state index contributed by atoms with van der Waals surface area (Å²) in [5.74, 6) is -3.93. The predicted octanol–water partition coefficient (Wildman–Crippen LogP) is 2.20. The summed E-state index contributed by atoms with van der Waals surface area (Å²) in [6.07, 6.45) is 2.56. The zero-order valence-electron chi connectivity index (χ0n) is 26.4. The van der Waals surface area contributed by atoms with Crippen LogP contribution in [0, 0.1) is 11.3 Å². The Kier molecular flexibility index (Phi) is 9.71. The van der Waals surface area contributed by atoms with Crippen molar-refractivity contribution < 1.29 is 58.2 Å². The fourth-order valence-corrected chi connectivity index (χ4v) is 7.39. The first kappa shape index (κ1) is 34.1. The first-order chi connectivity index (χ1) is 20.6. The van der Waals surface area contributed by atoms with Crippen LogP contribution in [0.5, 0.6) is 0 Å². The molecule has 0 aromatic heterocycles. The van der Waals surface area contributed by atoms with Crippen molar-refractivity contribution in [3.63, 3.8) is 0 Å². The molecule has 0 radical (unpaired) electrons. The van der Waals surface area contributed by atoms with Gasteiger partial charge in [-0.15, -0.1) is 0 Å². The van der Waals surface area contributed by atoms with Crippen LogP contribution in [-0.2, 0) is 42.9 Å². The fraction of sp³-hybridized carbons (Fsp3) is 0.750. The van der Waals surface area contributed by atoms with Gasteiger partial charge in [-0.25, -0.2) is 4.79 Å². The molecule has 0 amide bonds. The van der Waals surface area contributed by atoms with E-state index in [0.717, 1.165) is 25.7 Å². The first-order valence-corrected chi connectivity index (χ1v) is 15.4. The van der Waals surface area contributed by atoms with Gasteiger partial charge in [-0.3, -0.25) is 14.4 Å². The number of carbonyl (C=O) groups excluding carboxylic acids is 4. The Balaban J connectivity index is 1.88. The molecule has 0 bridgehead atoms. The molecule has 4 aliphatic rings. The lowest BCUT2D eigenvalue weighted by atomic mass is 9.55. The predicted molar refractivity (Wildman–Crippen MR) is 154 cm³/mol. The Labute approximate surface area is 257 Å². The molecule has 12 heteroatoms. The molecule has 12 nitrogen and oxygen atoms in total. The number of epoxide rings is 1. The summed E-state index contributed by atoms with van der Waals surface area (Å²) in [7, 11) is 0. The highest BCUT2D eigenvalue weighted by molar-refractivity contribution is 5.89. The van der Waals surface area contributed by atoms with E-state index in [-0.39, 0.29) is 18.4 Å². The van der Waals surface area contributed by atoms with Crippen LogP contribution in [0.1, 0.15) is 86.5 Å². The molecule has 2 heterocycles. The van der Waals surface area contributed by atoms with Gasteiger partial charge in [0.25, 0.3) is 0 Å². The monoisotopic (exact) mass is 622 g/mol. The quantitative estimate of drug-likeness (QED) is 0.107. The number of unbranched alkanes of at least 4 members (excludes halogenated alkanes) is 4. The van der Waals surface area contributed by atoms with Crippen molar-refractivity contribution in [1.82, 2.24) is 0 Å². The Hall–Kier alpha value is -2.80. The van der Waals surface area contributed by atoms with E-state index in [1.165, 1.54) is 39.8 Å². The van der Waals surface area contributed by atoms with Crippen molar-refractivity contribution in [2.75, 3.05) is 6.61 Å². The number of ether oxygens (including phenoxy) is 5. The van der Waals surface area contributed by atoms with Crippen molar-refractivity contribution in [3.8, 4) is 0 Å². The summed E-state index contributed by atoms with van der Waals surface area (Å²) in [6.45, 7) is 8.37. The van der Waals surface area contributed by atoms with Gasteiger partial charge in [0, 0.05) is 38.0 Å². The number of aliphatic hydroxyl groups excluding tert-OH is 2. The fourth-order valence-electron chi connectivity index (χ4n) is 7.39. The minimum Gasteiger partial charge on any atom is -0.461 e. The minimum absolute atomic E-state index is 0.135. The molecule has 4 rings (SSSR count). The lowest BCUT2D eigenvalue weighted by Crippen LogP contribution is -2.67.